The molecule has 0 bridgehead atoms. The number of ether oxygens (including phenoxy) is 2. The second kappa shape index (κ2) is 11.8. The van der Waals surface area contributed by atoms with Crippen molar-refractivity contribution >= 4 is 23.6 Å². The number of methoxy groups -OCH3 is 1. The molecule has 1 atom stereocenters. The summed E-state index contributed by atoms with van der Waals surface area (Å²) in [6.07, 6.45) is 5.54. The van der Waals surface area contributed by atoms with Crippen molar-refractivity contribution in [2.45, 2.75) is 57.9 Å². The first-order valence-electron chi connectivity index (χ1n) is 11.3. The van der Waals surface area contributed by atoms with Crippen LogP contribution in [0.5, 0.6) is 5.75 Å². The molecule has 33 heavy (non-hydrogen) atoms. The van der Waals surface area contributed by atoms with Gasteiger partial charge in [-0.2, -0.15) is 5.26 Å². The molecule has 2 N–H and O–H groups in total. The fourth-order valence-corrected chi connectivity index (χ4v) is 5.28. The van der Waals surface area contributed by atoms with Crippen LogP contribution in [0.15, 0.2) is 46.1 Å². The van der Waals surface area contributed by atoms with E-state index in [4.69, 9.17) is 9.47 Å². The van der Waals surface area contributed by atoms with Gasteiger partial charge in [-0.1, -0.05) is 49.2 Å². The maximum atomic E-state index is 12.7. The molecule has 0 radical (unpaired) electrons. The zero-order valence-corrected chi connectivity index (χ0v) is 20.2. The molecule has 8 heteroatoms. The molecule has 2 aliphatic rings. The summed E-state index contributed by atoms with van der Waals surface area (Å²) >= 11 is 1.28. The zero-order valence-electron chi connectivity index (χ0n) is 19.4. The third-order valence-electron chi connectivity index (χ3n) is 5.90. The second-order valence-corrected chi connectivity index (χ2v) is 9.09. The number of hydrogen-bond donors (Lipinski definition) is 2. The van der Waals surface area contributed by atoms with Crippen LogP contribution in [0.4, 0.5) is 0 Å². The molecular weight excluding hydrogens is 438 g/mol. The van der Waals surface area contributed by atoms with E-state index in [-0.39, 0.29) is 17.7 Å². The summed E-state index contributed by atoms with van der Waals surface area (Å²) in [5, 5.41) is 17.0. The lowest BCUT2D eigenvalue weighted by Gasteiger charge is -2.30. The van der Waals surface area contributed by atoms with Gasteiger partial charge in [0.25, 0.3) is 0 Å². The molecule has 3 rings (SSSR count). The number of allylic oxidation sites excluding steroid dienone is 2. The van der Waals surface area contributed by atoms with Crippen LogP contribution in [-0.2, 0) is 14.3 Å². The summed E-state index contributed by atoms with van der Waals surface area (Å²) in [4.78, 5) is 25.3. The van der Waals surface area contributed by atoms with Gasteiger partial charge < -0.3 is 20.1 Å². The Balaban J connectivity index is 1.91. The first-order valence-corrected chi connectivity index (χ1v) is 12.3. The van der Waals surface area contributed by atoms with Gasteiger partial charge in [-0.05, 0) is 32.8 Å². The Bertz CT molecular complexity index is 990. The van der Waals surface area contributed by atoms with E-state index in [1.54, 1.807) is 6.92 Å². The largest absolute Gasteiger partial charge is 0.494 e. The number of carbonyl (C=O) groups is 2. The predicted molar refractivity (Wildman–Crippen MR) is 128 cm³/mol. The Morgan fingerprint density at radius 3 is 2.64 bits per heavy atom. The minimum atomic E-state index is -0.657. The van der Waals surface area contributed by atoms with E-state index in [1.165, 1.54) is 25.3 Å². The number of para-hydroxylation sites is 1. The quantitative estimate of drug-likeness (QED) is 0.552. The van der Waals surface area contributed by atoms with Crippen molar-refractivity contribution < 1.29 is 19.1 Å². The number of benzene rings is 1. The van der Waals surface area contributed by atoms with E-state index in [9.17, 15) is 14.9 Å². The molecule has 1 heterocycles. The fourth-order valence-electron chi connectivity index (χ4n) is 4.38. The van der Waals surface area contributed by atoms with Crippen molar-refractivity contribution in [2.24, 2.45) is 0 Å². The van der Waals surface area contributed by atoms with E-state index < -0.39 is 11.9 Å². The van der Waals surface area contributed by atoms with Crippen molar-refractivity contribution in [1.29, 1.82) is 5.26 Å². The minimum absolute atomic E-state index is 0.0508. The fraction of sp³-hybridized carbons (Fsp3) is 0.480. The van der Waals surface area contributed by atoms with E-state index in [0.29, 0.717) is 39.8 Å². The van der Waals surface area contributed by atoms with Gasteiger partial charge in [-0.25, -0.2) is 4.79 Å². The molecule has 0 aromatic heterocycles. The number of nitrogens with zero attached hydrogens (tertiary/aromatic N) is 1. The number of esters is 1. The van der Waals surface area contributed by atoms with E-state index in [1.807, 2.05) is 31.2 Å². The molecule has 7 nitrogen and oxygen atoms in total. The Morgan fingerprint density at radius 1 is 1.24 bits per heavy atom. The van der Waals surface area contributed by atoms with Crippen LogP contribution in [0, 0.1) is 11.3 Å². The summed E-state index contributed by atoms with van der Waals surface area (Å²) < 4.78 is 10.8. The van der Waals surface area contributed by atoms with Gasteiger partial charge in [0.2, 0.25) is 5.91 Å². The van der Waals surface area contributed by atoms with Crippen LogP contribution < -0.4 is 15.4 Å². The van der Waals surface area contributed by atoms with Crippen molar-refractivity contribution in [3.63, 3.8) is 0 Å². The van der Waals surface area contributed by atoms with E-state index in [0.717, 1.165) is 25.7 Å². The van der Waals surface area contributed by atoms with Crippen molar-refractivity contribution in [3.05, 3.63) is 51.7 Å². The standard InChI is InChI=1S/C25H31N3O4S/c1-4-32-20-13-9-8-12-18(20)23-19(14-26)24(27-16(2)22(23)25(30)31-3)33-15-21(29)28-17-10-6-5-7-11-17/h8-9,12-13,17,23,27H,4-7,10-11,15H2,1-3H3,(H,28,29). The van der Waals surface area contributed by atoms with Crippen LogP contribution in [-0.4, -0.2) is 37.4 Å². The number of nitriles is 1. The normalized spacial score (nSPS) is 18.9. The molecule has 1 aliphatic heterocycles. The third-order valence-corrected chi connectivity index (χ3v) is 6.92. The maximum Gasteiger partial charge on any atom is 0.336 e. The highest BCUT2D eigenvalue weighted by atomic mass is 32.2. The SMILES string of the molecule is CCOc1ccccc1C1C(C#N)=C(SCC(=O)NC2CCCCC2)NC(C)=C1C(=O)OC. The van der Waals surface area contributed by atoms with Gasteiger partial charge in [0, 0.05) is 17.3 Å². The summed E-state index contributed by atoms with van der Waals surface area (Å²) in [5.41, 5.74) is 2.02. The second-order valence-electron chi connectivity index (χ2n) is 8.10. The number of rotatable bonds is 8. The van der Waals surface area contributed by atoms with Crippen LogP contribution >= 0.6 is 11.8 Å². The number of nitrogens with one attached hydrogen (secondary N) is 2. The maximum absolute atomic E-state index is 12.7. The van der Waals surface area contributed by atoms with Gasteiger partial charge in [-0.15, -0.1) is 0 Å². The Hall–Kier alpha value is -2.92. The van der Waals surface area contributed by atoms with Crippen LogP contribution in [0.3, 0.4) is 0 Å². The summed E-state index contributed by atoms with van der Waals surface area (Å²) in [7, 11) is 1.32. The first-order chi connectivity index (χ1) is 16.0. The average molecular weight is 470 g/mol. The number of amides is 1. The van der Waals surface area contributed by atoms with Crippen LogP contribution in [0.25, 0.3) is 0 Å². The predicted octanol–water partition coefficient (Wildman–Crippen LogP) is 4.14. The monoisotopic (exact) mass is 469 g/mol. The molecule has 1 aromatic carbocycles. The third kappa shape index (κ3) is 5.91. The van der Waals surface area contributed by atoms with Crippen LogP contribution in [0.1, 0.15) is 57.4 Å². The molecule has 1 aromatic rings. The summed E-state index contributed by atoms with van der Waals surface area (Å²) in [5.74, 6) is -0.429. The molecule has 0 spiro atoms. The first kappa shape index (κ1) is 24.7. The minimum Gasteiger partial charge on any atom is -0.494 e. The lowest BCUT2D eigenvalue weighted by atomic mass is 9.82. The lowest BCUT2D eigenvalue weighted by Crippen LogP contribution is -2.37. The zero-order chi connectivity index (χ0) is 23.8. The van der Waals surface area contributed by atoms with Crippen LogP contribution in [0.2, 0.25) is 0 Å². The van der Waals surface area contributed by atoms with Gasteiger partial charge >= 0.3 is 5.97 Å². The smallest absolute Gasteiger partial charge is 0.336 e. The number of thioether (sulfide) groups is 1. The van der Waals surface area contributed by atoms with Crippen molar-refractivity contribution in [2.75, 3.05) is 19.5 Å². The molecule has 1 saturated carbocycles. The van der Waals surface area contributed by atoms with Gasteiger partial charge in [0.05, 0.1) is 47.6 Å². The number of carbonyl (C=O) groups excluding carboxylic acids is 2. The molecule has 1 fully saturated rings. The molecular formula is C25H31N3O4S. The Morgan fingerprint density at radius 2 is 1.97 bits per heavy atom. The van der Waals surface area contributed by atoms with Gasteiger partial charge in [-0.3, -0.25) is 4.79 Å². The highest BCUT2D eigenvalue weighted by Gasteiger charge is 2.37. The van der Waals surface area contributed by atoms with Gasteiger partial charge in [0.1, 0.15) is 5.75 Å². The molecule has 1 amide bonds. The van der Waals surface area contributed by atoms with Crippen molar-refractivity contribution in [1.82, 2.24) is 10.6 Å². The summed E-state index contributed by atoms with van der Waals surface area (Å²) in [6.45, 7) is 4.11. The Kier molecular flexibility index (Phi) is 8.84. The van der Waals surface area contributed by atoms with Crippen molar-refractivity contribution in [3.8, 4) is 11.8 Å². The average Bonchev–Trinajstić information content (AvgIpc) is 2.83. The Labute approximate surface area is 199 Å². The molecule has 176 valence electrons. The van der Waals surface area contributed by atoms with Gasteiger partial charge in [0.15, 0.2) is 0 Å². The molecule has 0 saturated heterocycles. The number of dihydropyridines is 1. The molecule has 1 unspecified atom stereocenters. The summed E-state index contributed by atoms with van der Waals surface area (Å²) in [6, 6.07) is 9.88. The topological polar surface area (TPSA) is 100 Å². The lowest BCUT2D eigenvalue weighted by molar-refractivity contribution is -0.136. The highest BCUT2D eigenvalue weighted by Crippen LogP contribution is 2.43. The number of hydrogen-bond acceptors (Lipinski definition) is 7. The molecule has 1 aliphatic carbocycles. The van der Waals surface area contributed by atoms with E-state index >= 15 is 0 Å². The van der Waals surface area contributed by atoms with E-state index in [2.05, 4.69) is 16.7 Å². The highest BCUT2D eigenvalue weighted by molar-refractivity contribution is 8.03.